The van der Waals surface area contributed by atoms with Crippen LogP contribution in [0.15, 0.2) is 69.0 Å². The van der Waals surface area contributed by atoms with Gasteiger partial charge in [-0.2, -0.15) is 0 Å². The lowest BCUT2D eigenvalue weighted by Crippen LogP contribution is -2.16. The predicted molar refractivity (Wildman–Crippen MR) is 222 cm³/mol. The fourth-order valence-electron chi connectivity index (χ4n) is 6.60. The van der Waals surface area contributed by atoms with E-state index < -0.39 is 0 Å². The number of esters is 2. The number of carbonyl (C=O) groups excluding carboxylic acids is 2. The zero-order valence-electron chi connectivity index (χ0n) is 31.8. The van der Waals surface area contributed by atoms with Gasteiger partial charge in [-0.05, 0) is 126 Å². The number of allylic oxidation sites excluding steroid dienone is 4. The Balaban J connectivity index is 0.00000451. The smallest absolute Gasteiger partial charge is 0.310 e. The first kappa shape index (κ1) is 43.4. The van der Waals surface area contributed by atoms with Crippen molar-refractivity contribution in [2.45, 2.75) is 114 Å². The van der Waals surface area contributed by atoms with Gasteiger partial charge in [0.15, 0.2) is 0 Å². The van der Waals surface area contributed by atoms with Crippen LogP contribution in [0.25, 0.3) is 12.2 Å². The average Bonchev–Trinajstić information content (AvgIpc) is 3.63. The Kier molecular flexibility index (Phi) is 15.9. The van der Waals surface area contributed by atoms with E-state index in [4.69, 9.17) is 19.5 Å². The Morgan fingerprint density at radius 2 is 1.02 bits per heavy atom. The van der Waals surface area contributed by atoms with Crippen molar-refractivity contribution in [1.29, 1.82) is 0 Å². The molecule has 0 saturated carbocycles. The van der Waals surface area contributed by atoms with Gasteiger partial charge in [0, 0.05) is 53.5 Å². The molecule has 276 valence electrons. The molecule has 0 amide bonds. The first-order valence-electron chi connectivity index (χ1n) is 17.1. The molecule has 8 nitrogen and oxygen atoms in total. The van der Waals surface area contributed by atoms with Gasteiger partial charge in [0.2, 0.25) is 0 Å². The maximum atomic E-state index is 12.6. The molecule has 10 heteroatoms. The summed E-state index contributed by atoms with van der Waals surface area (Å²) in [7, 11) is 0. The number of hydrogen-bond donors (Lipinski definition) is 2. The molecule has 0 radical (unpaired) electrons. The fraction of sp³-hybridized carbons (Fsp3) is 0.415. The highest BCUT2D eigenvalue weighted by molar-refractivity contribution is 8.93. The highest BCUT2D eigenvalue weighted by Crippen LogP contribution is 2.37. The van der Waals surface area contributed by atoms with Crippen LogP contribution in [-0.4, -0.2) is 45.5 Å². The molecule has 0 aromatic carbocycles. The van der Waals surface area contributed by atoms with Crippen LogP contribution in [0.4, 0.5) is 0 Å². The van der Waals surface area contributed by atoms with Gasteiger partial charge >= 0.3 is 11.9 Å². The van der Waals surface area contributed by atoms with E-state index in [2.05, 4.69) is 63.0 Å². The molecule has 2 aromatic rings. The van der Waals surface area contributed by atoms with Crippen LogP contribution in [-0.2, 0) is 31.9 Å². The van der Waals surface area contributed by atoms with Crippen LogP contribution in [0.3, 0.4) is 0 Å². The van der Waals surface area contributed by atoms with E-state index >= 15 is 0 Å². The van der Waals surface area contributed by atoms with Crippen molar-refractivity contribution < 1.29 is 19.1 Å². The Bertz CT molecular complexity index is 1750. The summed E-state index contributed by atoms with van der Waals surface area (Å²) < 4.78 is 11.1. The monoisotopic (exact) mass is 824 g/mol. The van der Waals surface area contributed by atoms with E-state index in [9.17, 15) is 9.59 Å². The molecule has 4 heterocycles. The van der Waals surface area contributed by atoms with Crippen molar-refractivity contribution in [2.24, 2.45) is 9.98 Å². The summed E-state index contributed by atoms with van der Waals surface area (Å²) in [6.07, 6.45) is 9.70. The van der Waals surface area contributed by atoms with Crippen LogP contribution < -0.4 is 0 Å². The zero-order chi connectivity index (χ0) is 36.2. The number of aromatic nitrogens is 2. The molecule has 2 atom stereocenters. The summed E-state index contributed by atoms with van der Waals surface area (Å²) in [5, 5.41) is 0. The van der Waals surface area contributed by atoms with Gasteiger partial charge in [-0.1, -0.05) is 12.2 Å². The Labute approximate surface area is 324 Å². The molecule has 0 unspecified atom stereocenters. The number of ether oxygens (including phenoxy) is 2. The largest absolute Gasteiger partial charge is 0.462 e. The van der Waals surface area contributed by atoms with Crippen molar-refractivity contribution in [1.82, 2.24) is 9.97 Å². The van der Waals surface area contributed by atoms with E-state index in [0.29, 0.717) is 12.8 Å². The highest BCUT2D eigenvalue weighted by Gasteiger charge is 2.26. The van der Waals surface area contributed by atoms with Crippen LogP contribution in [0, 0.1) is 27.7 Å². The normalized spacial score (nSPS) is 16.8. The lowest BCUT2D eigenvalue weighted by Gasteiger charge is -2.11. The minimum Gasteiger partial charge on any atom is -0.462 e. The fourth-order valence-corrected chi connectivity index (χ4v) is 6.60. The molecule has 0 saturated heterocycles. The number of H-pyrrole nitrogens is 2. The molecular formula is C41H54Br2N4O4. The molecule has 2 aliphatic heterocycles. The highest BCUT2D eigenvalue weighted by atomic mass is 79.9. The van der Waals surface area contributed by atoms with Gasteiger partial charge in [0.1, 0.15) is 12.2 Å². The Hall–Kier alpha value is -3.76. The summed E-state index contributed by atoms with van der Waals surface area (Å²) in [5.41, 5.74) is 16.2. The number of nitrogens with one attached hydrogen (secondary N) is 2. The standard InChI is InChI=1S/C41H52N4O4.2BrH/c1-13-15-22(3)48-40(46)18-34-26(7)38(44-30(34)11)20-36-24(5)32(28(9)42-36)17-33-25(6)37(43-29(33)10)21-39-27(8)35(31(12)45-39)19-41(47)49-23(4)16-14-2;;/h13-14,20-23,44-45H,1-2,15-19H2,3-12H3;2*1H/b36-20-,37-21-;;/t22-,23-;;/m0../s1. The zero-order valence-corrected chi connectivity index (χ0v) is 35.2. The first-order valence-corrected chi connectivity index (χ1v) is 17.1. The Morgan fingerprint density at radius 1 is 0.667 bits per heavy atom. The number of carbonyl (C=O) groups is 2. The third-order valence-corrected chi connectivity index (χ3v) is 9.61. The molecular weight excluding hydrogens is 772 g/mol. The lowest BCUT2D eigenvalue weighted by atomic mass is 9.93. The summed E-state index contributed by atoms with van der Waals surface area (Å²) >= 11 is 0. The van der Waals surface area contributed by atoms with Crippen molar-refractivity contribution in [2.75, 3.05) is 0 Å². The van der Waals surface area contributed by atoms with Crippen LogP contribution in [0.5, 0.6) is 0 Å². The van der Waals surface area contributed by atoms with E-state index in [0.717, 1.165) is 85.4 Å². The summed E-state index contributed by atoms with van der Waals surface area (Å²) in [4.78, 5) is 42.1. The van der Waals surface area contributed by atoms with E-state index in [1.807, 2.05) is 41.5 Å². The summed E-state index contributed by atoms with van der Waals surface area (Å²) in [6, 6.07) is 0. The third kappa shape index (κ3) is 10.2. The van der Waals surface area contributed by atoms with Crippen LogP contribution in [0.1, 0.15) is 106 Å². The number of halogens is 2. The van der Waals surface area contributed by atoms with Crippen molar-refractivity contribution >= 4 is 69.5 Å². The van der Waals surface area contributed by atoms with Gasteiger partial charge in [-0.15, -0.1) is 47.1 Å². The molecule has 2 N–H and O–H groups in total. The number of aromatic amines is 2. The second-order valence-corrected chi connectivity index (χ2v) is 13.4. The molecule has 0 bridgehead atoms. The minimum absolute atomic E-state index is 0. The van der Waals surface area contributed by atoms with Crippen molar-refractivity contribution in [3.63, 3.8) is 0 Å². The van der Waals surface area contributed by atoms with Crippen molar-refractivity contribution in [3.05, 3.63) is 104 Å². The first-order chi connectivity index (χ1) is 23.1. The molecule has 2 aliphatic rings. The van der Waals surface area contributed by atoms with E-state index in [1.165, 1.54) is 11.1 Å². The summed E-state index contributed by atoms with van der Waals surface area (Å²) in [5.74, 6) is -0.484. The number of aliphatic imine (C=N–C) groups is 2. The van der Waals surface area contributed by atoms with Gasteiger partial charge in [-0.3, -0.25) is 19.6 Å². The van der Waals surface area contributed by atoms with E-state index in [-0.39, 0.29) is 71.0 Å². The molecule has 4 rings (SSSR count). The van der Waals surface area contributed by atoms with E-state index in [1.54, 1.807) is 12.2 Å². The quantitative estimate of drug-likeness (QED) is 0.146. The van der Waals surface area contributed by atoms with Crippen molar-refractivity contribution in [3.8, 4) is 0 Å². The maximum absolute atomic E-state index is 12.6. The molecule has 2 aromatic heterocycles. The van der Waals surface area contributed by atoms with Gasteiger partial charge in [0.25, 0.3) is 0 Å². The number of hydrogen-bond acceptors (Lipinski definition) is 6. The second kappa shape index (κ2) is 18.6. The maximum Gasteiger partial charge on any atom is 0.310 e. The molecule has 51 heavy (non-hydrogen) atoms. The second-order valence-electron chi connectivity index (χ2n) is 13.4. The summed E-state index contributed by atoms with van der Waals surface area (Å²) in [6.45, 7) is 27.6. The number of aryl methyl sites for hydroxylation is 2. The molecule has 0 fully saturated rings. The van der Waals surface area contributed by atoms with Gasteiger partial charge < -0.3 is 19.4 Å². The predicted octanol–water partition coefficient (Wildman–Crippen LogP) is 10.2. The van der Waals surface area contributed by atoms with Crippen LogP contribution in [0.2, 0.25) is 0 Å². The van der Waals surface area contributed by atoms with Gasteiger partial charge in [-0.25, -0.2) is 0 Å². The minimum atomic E-state index is -0.242. The van der Waals surface area contributed by atoms with Crippen LogP contribution >= 0.6 is 34.0 Å². The topological polar surface area (TPSA) is 109 Å². The van der Waals surface area contributed by atoms with Gasteiger partial charge in [0.05, 0.1) is 24.2 Å². The average molecular weight is 827 g/mol. The number of nitrogens with zero attached hydrogens (tertiary/aromatic N) is 2. The number of rotatable bonds is 14. The third-order valence-electron chi connectivity index (χ3n) is 9.61. The SMILES string of the molecule is Br.Br.C=CC[C@H](C)OC(=O)Cc1c(C)[nH]c(/C=C2\N=C(C)C(CC3=C(C)/C(=C/c4[nH]c(C)c(CC(=O)O[C@@H](C)CC=C)c4C)N=C3C)=C2C)c1C. The molecule has 0 aliphatic carbocycles. The molecule has 0 spiro atoms. The lowest BCUT2D eigenvalue weighted by molar-refractivity contribution is -0.148. The Morgan fingerprint density at radius 3 is 1.35 bits per heavy atom.